The third kappa shape index (κ3) is 5.01. The topological polar surface area (TPSA) is 110 Å². The second-order valence-corrected chi connectivity index (χ2v) is 9.72. The van der Waals surface area contributed by atoms with E-state index in [1.165, 1.54) is 0 Å². The number of ether oxygens (including phenoxy) is 1. The molecule has 5 heterocycles. The molecule has 12 heteroatoms. The Morgan fingerprint density at radius 1 is 1.10 bits per heavy atom. The van der Waals surface area contributed by atoms with E-state index >= 15 is 0 Å². The molecule has 6 rings (SSSR count). The van der Waals surface area contributed by atoms with Gasteiger partial charge in [0.1, 0.15) is 11.4 Å². The number of nitrogens with zero attached hydrogens (tertiary/aromatic N) is 8. The number of piperidine rings is 1. The van der Waals surface area contributed by atoms with Crippen LogP contribution in [-0.4, -0.2) is 59.7 Å². The molecule has 0 radical (unpaired) electrons. The van der Waals surface area contributed by atoms with E-state index in [0.717, 1.165) is 65.5 Å². The summed E-state index contributed by atoms with van der Waals surface area (Å²) in [6, 6.07) is 8.87. The summed E-state index contributed by atoms with van der Waals surface area (Å²) in [6.45, 7) is 2.72. The van der Waals surface area contributed by atoms with Crippen LogP contribution in [0.3, 0.4) is 0 Å². The number of para-hydroxylation sites is 1. The minimum Gasteiger partial charge on any atom is -0.435 e. The van der Waals surface area contributed by atoms with E-state index in [4.69, 9.17) is 9.72 Å². The van der Waals surface area contributed by atoms with Crippen molar-refractivity contribution < 1.29 is 13.5 Å². The average Bonchev–Trinajstić information content (AvgIpc) is 3.58. The highest BCUT2D eigenvalue weighted by Gasteiger charge is 2.24. The number of aromatic nitrogens is 8. The van der Waals surface area contributed by atoms with Gasteiger partial charge in [0.25, 0.3) is 0 Å². The van der Waals surface area contributed by atoms with Crippen molar-refractivity contribution >= 4 is 11.6 Å². The normalized spacial score (nSPS) is 14.4. The molecule has 1 aliphatic heterocycles. The molecule has 0 bridgehead atoms. The van der Waals surface area contributed by atoms with Crippen molar-refractivity contribution in [2.24, 2.45) is 0 Å². The van der Waals surface area contributed by atoms with Crippen LogP contribution in [0, 0.1) is 13.8 Å². The standard InChI is InChI=1S/C27H27F2N9O/c1-16-11-24-32-17(2)22(12-19-5-3-4-6-23(19)39-26(28)29)38(24)15-21(16)20-13-30-27(31-14-20)37-9-7-18(8-10-37)25-33-35-36-34-25/h3-6,11,13-15,18,26H,7-10,12H2,1-2H3,(H,33,34,35,36). The fourth-order valence-corrected chi connectivity index (χ4v) is 5.22. The molecule has 39 heavy (non-hydrogen) atoms. The highest BCUT2D eigenvalue weighted by Crippen LogP contribution is 2.30. The number of fused-ring (bicyclic) bond motifs is 1. The van der Waals surface area contributed by atoms with Crippen LogP contribution in [0.2, 0.25) is 0 Å². The number of benzene rings is 1. The van der Waals surface area contributed by atoms with Gasteiger partial charge in [0.15, 0.2) is 5.82 Å². The number of hydrogen-bond acceptors (Lipinski definition) is 8. The van der Waals surface area contributed by atoms with Crippen molar-refractivity contribution in [3.63, 3.8) is 0 Å². The van der Waals surface area contributed by atoms with Crippen molar-refractivity contribution in [3.05, 3.63) is 77.3 Å². The molecule has 0 unspecified atom stereocenters. The smallest absolute Gasteiger partial charge is 0.387 e. The lowest BCUT2D eigenvalue weighted by Gasteiger charge is -2.30. The SMILES string of the molecule is Cc1cc2nc(C)c(Cc3ccccc3OC(F)F)n2cc1-c1cnc(N2CCC(c3nnn[nH]3)CC2)nc1. The summed E-state index contributed by atoms with van der Waals surface area (Å²) in [5.74, 6) is 2.00. The number of tetrazole rings is 1. The molecular weight excluding hydrogens is 504 g/mol. The van der Waals surface area contributed by atoms with Gasteiger partial charge in [-0.3, -0.25) is 0 Å². The maximum absolute atomic E-state index is 13.0. The minimum absolute atomic E-state index is 0.166. The number of nitrogens with one attached hydrogen (secondary N) is 1. The highest BCUT2D eigenvalue weighted by atomic mass is 19.3. The van der Waals surface area contributed by atoms with Crippen LogP contribution in [0.15, 0.2) is 48.9 Å². The number of hydrogen-bond donors (Lipinski definition) is 1. The number of imidazole rings is 1. The number of rotatable bonds is 7. The van der Waals surface area contributed by atoms with Crippen molar-refractivity contribution in [2.75, 3.05) is 18.0 Å². The number of halogens is 2. The number of pyridine rings is 1. The van der Waals surface area contributed by atoms with Crippen LogP contribution in [0.4, 0.5) is 14.7 Å². The number of aryl methyl sites for hydroxylation is 2. The fraction of sp³-hybridized carbons (Fsp3) is 0.333. The predicted octanol–water partition coefficient (Wildman–Crippen LogP) is 4.50. The zero-order valence-electron chi connectivity index (χ0n) is 21.6. The van der Waals surface area contributed by atoms with E-state index in [0.29, 0.717) is 23.9 Å². The molecule has 10 nitrogen and oxygen atoms in total. The molecule has 0 aliphatic carbocycles. The monoisotopic (exact) mass is 531 g/mol. The van der Waals surface area contributed by atoms with Gasteiger partial charge in [-0.25, -0.2) is 20.1 Å². The average molecular weight is 532 g/mol. The summed E-state index contributed by atoms with van der Waals surface area (Å²) in [7, 11) is 0. The summed E-state index contributed by atoms with van der Waals surface area (Å²) in [5, 5.41) is 14.3. The van der Waals surface area contributed by atoms with Crippen molar-refractivity contribution in [1.82, 2.24) is 40.0 Å². The Bertz CT molecular complexity index is 1580. The first-order valence-electron chi connectivity index (χ1n) is 12.8. The molecular formula is C27H27F2N9O. The Hall–Kier alpha value is -4.48. The first-order chi connectivity index (χ1) is 19.0. The molecule has 0 atom stereocenters. The van der Waals surface area contributed by atoms with E-state index < -0.39 is 6.61 Å². The number of aromatic amines is 1. The second-order valence-electron chi connectivity index (χ2n) is 9.72. The van der Waals surface area contributed by atoms with E-state index in [9.17, 15) is 8.78 Å². The molecule has 4 aromatic heterocycles. The van der Waals surface area contributed by atoms with Crippen LogP contribution in [0.1, 0.15) is 47.1 Å². The Labute approximate surface area is 223 Å². The van der Waals surface area contributed by atoms with Gasteiger partial charge in [-0.1, -0.05) is 18.2 Å². The lowest BCUT2D eigenvalue weighted by atomic mass is 9.96. The third-order valence-electron chi connectivity index (χ3n) is 7.29. The lowest BCUT2D eigenvalue weighted by Crippen LogP contribution is -2.34. The van der Waals surface area contributed by atoms with E-state index in [1.807, 2.05) is 49.0 Å². The molecule has 1 N–H and O–H groups in total. The first kappa shape index (κ1) is 24.8. The Balaban J connectivity index is 1.25. The van der Waals surface area contributed by atoms with Crippen LogP contribution in [0.5, 0.6) is 5.75 Å². The number of alkyl halides is 2. The molecule has 1 saturated heterocycles. The predicted molar refractivity (Wildman–Crippen MR) is 140 cm³/mol. The lowest BCUT2D eigenvalue weighted by molar-refractivity contribution is -0.0503. The third-order valence-corrected chi connectivity index (χ3v) is 7.29. The van der Waals surface area contributed by atoms with E-state index in [2.05, 4.69) is 35.5 Å². The van der Waals surface area contributed by atoms with Crippen LogP contribution >= 0.6 is 0 Å². The first-order valence-corrected chi connectivity index (χ1v) is 12.8. The Morgan fingerprint density at radius 3 is 2.59 bits per heavy atom. The van der Waals surface area contributed by atoms with Crippen molar-refractivity contribution in [2.45, 2.75) is 45.6 Å². The van der Waals surface area contributed by atoms with Gasteiger partial charge in [0, 0.05) is 66.4 Å². The summed E-state index contributed by atoms with van der Waals surface area (Å²) >= 11 is 0. The van der Waals surface area contributed by atoms with Crippen LogP contribution in [-0.2, 0) is 6.42 Å². The quantitative estimate of drug-likeness (QED) is 0.327. The van der Waals surface area contributed by atoms with Crippen LogP contribution in [0.25, 0.3) is 16.8 Å². The van der Waals surface area contributed by atoms with Crippen molar-refractivity contribution in [3.8, 4) is 16.9 Å². The molecule has 0 spiro atoms. The van der Waals surface area contributed by atoms with Gasteiger partial charge in [0.2, 0.25) is 5.95 Å². The maximum atomic E-state index is 13.0. The van der Waals surface area contributed by atoms with Gasteiger partial charge in [0.05, 0.1) is 5.69 Å². The molecule has 1 aromatic carbocycles. The summed E-state index contributed by atoms with van der Waals surface area (Å²) < 4.78 is 32.7. The Morgan fingerprint density at radius 2 is 1.87 bits per heavy atom. The van der Waals surface area contributed by atoms with Gasteiger partial charge in [-0.05, 0) is 54.8 Å². The zero-order valence-corrected chi connectivity index (χ0v) is 21.6. The number of anilines is 1. The van der Waals surface area contributed by atoms with Gasteiger partial charge >= 0.3 is 6.61 Å². The molecule has 1 aliphatic rings. The van der Waals surface area contributed by atoms with Crippen LogP contribution < -0.4 is 9.64 Å². The zero-order chi connectivity index (χ0) is 26.9. The molecule has 1 fully saturated rings. The molecule has 5 aromatic rings. The van der Waals surface area contributed by atoms with E-state index in [1.54, 1.807) is 18.2 Å². The summed E-state index contributed by atoms with van der Waals surface area (Å²) in [4.78, 5) is 16.2. The summed E-state index contributed by atoms with van der Waals surface area (Å²) in [5.41, 5.74) is 6.09. The molecule has 0 amide bonds. The highest BCUT2D eigenvalue weighted by molar-refractivity contribution is 5.68. The van der Waals surface area contributed by atoms with Gasteiger partial charge in [-0.2, -0.15) is 8.78 Å². The maximum Gasteiger partial charge on any atom is 0.387 e. The largest absolute Gasteiger partial charge is 0.435 e. The molecule has 200 valence electrons. The van der Waals surface area contributed by atoms with E-state index in [-0.39, 0.29) is 5.75 Å². The van der Waals surface area contributed by atoms with Gasteiger partial charge < -0.3 is 14.0 Å². The Kier molecular flexibility index (Phi) is 6.59. The summed E-state index contributed by atoms with van der Waals surface area (Å²) in [6.07, 6.45) is 7.95. The second kappa shape index (κ2) is 10.4. The van der Waals surface area contributed by atoms with Crippen molar-refractivity contribution in [1.29, 1.82) is 0 Å². The molecule has 0 saturated carbocycles. The van der Waals surface area contributed by atoms with Gasteiger partial charge in [-0.15, -0.1) is 5.10 Å². The number of H-pyrrole nitrogens is 1. The minimum atomic E-state index is -2.89. The fourth-order valence-electron chi connectivity index (χ4n) is 5.22.